The molecule has 0 aliphatic rings. The number of hydrogen-bond acceptors (Lipinski definition) is 3. The second-order valence-corrected chi connectivity index (χ2v) is 4.88. The zero-order valence-electron chi connectivity index (χ0n) is 11.6. The Morgan fingerprint density at radius 2 is 2.16 bits per heavy atom. The number of carbonyl (C=O) groups is 1. The summed E-state index contributed by atoms with van der Waals surface area (Å²) in [5, 5.41) is 7.12. The van der Waals surface area contributed by atoms with Crippen molar-refractivity contribution in [2.24, 2.45) is 13.0 Å². The van der Waals surface area contributed by atoms with Crippen LogP contribution in [0.3, 0.4) is 0 Å². The summed E-state index contributed by atoms with van der Waals surface area (Å²) in [5.74, 6) is 0.470. The van der Waals surface area contributed by atoms with Gasteiger partial charge in [-0.15, -0.1) is 0 Å². The predicted octanol–water partition coefficient (Wildman–Crippen LogP) is 2.39. The van der Waals surface area contributed by atoms with Gasteiger partial charge in [0.25, 0.3) is 0 Å². The van der Waals surface area contributed by atoms with Crippen LogP contribution < -0.4 is 5.32 Å². The number of aryl methyl sites for hydroxylation is 2. The number of hydrogen-bond donors (Lipinski definition) is 1. The highest BCUT2D eigenvalue weighted by molar-refractivity contribution is 5.91. The van der Waals surface area contributed by atoms with Gasteiger partial charge in [-0.1, -0.05) is 13.8 Å². The Hall–Kier alpha value is -2.17. The first-order chi connectivity index (χ1) is 8.97. The lowest BCUT2D eigenvalue weighted by molar-refractivity contribution is -0.118. The van der Waals surface area contributed by atoms with E-state index in [1.807, 2.05) is 46.1 Å². The molecule has 1 amide bonds. The monoisotopic (exact) mass is 258 g/mol. The Morgan fingerprint density at radius 1 is 1.42 bits per heavy atom. The van der Waals surface area contributed by atoms with Crippen molar-refractivity contribution in [1.82, 2.24) is 14.8 Å². The third-order valence-electron chi connectivity index (χ3n) is 2.86. The van der Waals surface area contributed by atoms with Crippen molar-refractivity contribution >= 4 is 11.7 Å². The fourth-order valence-corrected chi connectivity index (χ4v) is 1.82. The second kappa shape index (κ2) is 5.22. The van der Waals surface area contributed by atoms with Gasteiger partial charge in [-0.05, 0) is 24.6 Å². The van der Waals surface area contributed by atoms with Crippen LogP contribution in [0.15, 0.2) is 24.5 Å². The summed E-state index contributed by atoms with van der Waals surface area (Å²) in [7, 11) is 1.89. The Morgan fingerprint density at radius 3 is 2.74 bits per heavy atom. The third kappa shape index (κ3) is 2.99. The molecule has 0 aliphatic carbocycles. The Bertz CT molecular complexity index is 601. The van der Waals surface area contributed by atoms with Gasteiger partial charge in [-0.25, -0.2) is 4.98 Å². The van der Waals surface area contributed by atoms with Crippen LogP contribution in [0.1, 0.15) is 19.5 Å². The van der Waals surface area contributed by atoms with Crippen LogP contribution in [0.5, 0.6) is 0 Å². The smallest absolute Gasteiger partial charge is 0.228 e. The molecule has 5 nitrogen and oxygen atoms in total. The molecule has 2 aromatic heterocycles. The first-order valence-electron chi connectivity index (χ1n) is 6.25. The van der Waals surface area contributed by atoms with Gasteiger partial charge < -0.3 is 5.32 Å². The minimum atomic E-state index is -0.0643. The lowest BCUT2D eigenvalue weighted by Crippen LogP contribution is -2.18. The Labute approximate surface area is 112 Å². The van der Waals surface area contributed by atoms with Crippen molar-refractivity contribution in [1.29, 1.82) is 0 Å². The summed E-state index contributed by atoms with van der Waals surface area (Å²) in [6.07, 6.45) is 3.65. The van der Waals surface area contributed by atoms with Crippen molar-refractivity contribution in [2.75, 3.05) is 5.32 Å². The average Bonchev–Trinajstić information content (AvgIpc) is 2.68. The number of anilines is 1. The van der Waals surface area contributed by atoms with Gasteiger partial charge in [0, 0.05) is 30.9 Å². The minimum Gasteiger partial charge on any atom is -0.310 e. The molecule has 19 heavy (non-hydrogen) atoms. The number of rotatable bonds is 3. The second-order valence-electron chi connectivity index (χ2n) is 4.88. The van der Waals surface area contributed by atoms with Gasteiger partial charge in [-0.3, -0.25) is 9.48 Å². The van der Waals surface area contributed by atoms with E-state index in [4.69, 9.17) is 0 Å². The van der Waals surface area contributed by atoms with Crippen molar-refractivity contribution in [3.8, 4) is 11.1 Å². The summed E-state index contributed by atoms with van der Waals surface area (Å²) in [6, 6.07) is 3.78. The van der Waals surface area contributed by atoms with Gasteiger partial charge >= 0.3 is 0 Å². The van der Waals surface area contributed by atoms with E-state index in [-0.39, 0.29) is 11.8 Å². The summed E-state index contributed by atoms with van der Waals surface area (Å²) in [6.45, 7) is 5.66. The number of carbonyl (C=O) groups excluding carboxylic acids is 1. The van der Waals surface area contributed by atoms with E-state index >= 15 is 0 Å². The third-order valence-corrected chi connectivity index (χ3v) is 2.86. The maximum absolute atomic E-state index is 11.7. The molecule has 0 saturated heterocycles. The van der Waals surface area contributed by atoms with Crippen molar-refractivity contribution in [3.05, 3.63) is 30.2 Å². The molecule has 0 saturated carbocycles. The number of nitrogens with one attached hydrogen (secondary N) is 1. The molecule has 0 bridgehead atoms. The molecule has 0 unspecified atom stereocenters. The summed E-state index contributed by atoms with van der Waals surface area (Å²) >= 11 is 0. The SMILES string of the molecule is Cc1nn(C)cc1-c1ccnc(NC(=O)C(C)C)c1. The maximum atomic E-state index is 11.7. The van der Waals surface area contributed by atoms with Gasteiger partial charge in [0.2, 0.25) is 5.91 Å². The van der Waals surface area contributed by atoms with Crippen LogP contribution >= 0.6 is 0 Å². The molecule has 2 aromatic rings. The molecular formula is C14H18N4O. The normalized spacial score (nSPS) is 10.8. The fourth-order valence-electron chi connectivity index (χ4n) is 1.82. The molecule has 1 N–H and O–H groups in total. The number of pyridine rings is 1. The summed E-state index contributed by atoms with van der Waals surface area (Å²) in [4.78, 5) is 15.8. The van der Waals surface area contributed by atoms with Gasteiger partial charge in [0.05, 0.1) is 5.69 Å². The Balaban J connectivity index is 2.29. The molecule has 0 atom stereocenters. The topological polar surface area (TPSA) is 59.8 Å². The van der Waals surface area contributed by atoms with E-state index < -0.39 is 0 Å². The van der Waals surface area contributed by atoms with E-state index in [0.29, 0.717) is 5.82 Å². The average molecular weight is 258 g/mol. The van der Waals surface area contributed by atoms with E-state index in [1.54, 1.807) is 10.9 Å². The Kier molecular flexibility index (Phi) is 3.64. The molecule has 0 aromatic carbocycles. The molecule has 0 aliphatic heterocycles. The molecule has 2 heterocycles. The van der Waals surface area contributed by atoms with E-state index in [2.05, 4.69) is 15.4 Å². The highest BCUT2D eigenvalue weighted by Gasteiger charge is 2.10. The van der Waals surface area contributed by atoms with Crippen LogP contribution in [0, 0.1) is 12.8 Å². The summed E-state index contributed by atoms with van der Waals surface area (Å²) in [5.41, 5.74) is 3.00. The minimum absolute atomic E-state index is 0.0347. The molecule has 0 fully saturated rings. The maximum Gasteiger partial charge on any atom is 0.228 e. The van der Waals surface area contributed by atoms with Crippen LogP contribution in [0.4, 0.5) is 5.82 Å². The lowest BCUT2D eigenvalue weighted by Gasteiger charge is -2.08. The van der Waals surface area contributed by atoms with E-state index in [0.717, 1.165) is 16.8 Å². The molecule has 0 spiro atoms. The predicted molar refractivity (Wildman–Crippen MR) is 74.6 cm³/mol. The fraction of sp³-hybridized carbons (Fsp3) is 0.357. The summed E-state index contributed by atoms with van der Waals surface area (Å²) < 4.78 is 1.78. The van der Waals surface area contributed by atoms with Gasteiger partial charge in [0.1, 0.15) is 5.82 Å². The molecule has 0 radical (unpaired) electrons. The van der Waals surface area contributed by atoms with Gasteiger partial charge in [-0.2, -0.15) is 5.10 Å². The standard InChI is InChI=1S/C14H18N4O/c1-9(2)14(19)16-13-7-11(5-6-15-13)12-8-18(4)17-10(12)3/h5-9H,1-4H3,(H,15,16,19). The molecule has 100 valence electrons. The zero-order valence-corrected chi connectivity index (χ0v) is 11.6. The lowest BCUT2D eigenvalue weighted by atomic mass is 10.1. The van der Waals surface area contributed by atoms with Crippen LogP contribution in [-0.2, 0) is 11.8 Å². The molecule has 5 heteroatoms. The quantitative estimate of drug-likeness (QED) is 0.919. The highest BCUT2D eigenvalue weighted by atomic mass is 16.1. The number of amides is 1. The highest BCUT2D eigenvalue weighted by Crippen LogP contribution is 2.23. The first kappa shape index (κ1) is 13.3. The van der Waals surface area contributed by atoms with Crippen molar-refractivity contribution < 1.29 is 4.79 Å². The van der Waals surface area contributed by atoms with Crippen molar-refractivity contribution in [3.63, 3.8) is 0 Å². The largest absolute Gasteiger partial charge is 0.310 e. The molecular weight excluding hydrogens is 240 g/mol. The zero-order chi connectivity index (χ0) is 14.0. The number of nitrogens with zero attached hydrogens (tertiary/aromatic N) is 3. The van der Waals surface area contributed by atoms with E-state index in [1.165, 1.54) is 0 Å². The van der Waals surface area contributed by atoms with Crippen LogP contribution in [0.25, 0.3) is 11.1 Å². The van der Waals surface area contributed by atoms with E-state index in [9.17, 15) is 4.79 Å². The van der Waals surface area contributed by atoms with Crippen molar-refractivity contribution in [2.45, 2.75) is 20.8 Å². The molecule has 2 rings (SSSR count). The van der Waals surface area contributed by atoms with Gasteiger partial charge in [0.15, 0.2) is 0 Å². The van der Waals surface area contributed by atoms with Crippen LogP contribution in [0.2, 0.25) is 0 Å². The van der Waals surface area contributed by atoms with Crippen LogP contribution in [-0.4, -0.2) is 20.7 Å². The number of aromatic nitrogens is 3. The first-order valence-corrected chi connectivity index (χ1v) is 6.25.